The quantitative estimate of drug-likeness (QED) is 0.366. The van der Waals surface area contributed by atoms with Crippen LogP contribution in [0.25, 0.3) is 0 Å². The summed E-state index contributed by atoms with van der Waals surface area (Å²) in [5, 5.41) is 11.1. The third-order valence-corrected chi connectivity index (χ3v) is 5.26. The Bertz CT molecular complexity index is 722. The van der Waals surface area contributed by atoms with E-state index in [2.05, 4.69) is 39.7 Å². The molecule has 1 atom stereocenters. The van der Waals surface area contributed by atoms with Gasteiger partial charge >= 0.3 is 0 Å². The molecule has 2 aromatic rings. The van der Waals surface area contributed by atoms with E-state index in [4.69, 9.17) is 9.73 Å². The molecule has 29 heavy (non-hydrogen) atoms. The third-order valence-electron chi connectivity index (χ3n) is 5.26. The molecule has 1 fully saturated rings. The largest absolute Gasteiger partial charge is 0.497 e. The summed E-state index contributed by atoms with van der Waals surface area (Å²) in [4.78, 5) is 7.46. The maximum atomic E-state index is 5.32. The van der Waals surface area contributed by atoms with Crippen LogP contribution in [0.1, 0.15) is 37.8 Å². The van der Waals surface area contributed by atoms with Gasteiger partial charge in [-0.3, -0.25) is 14.6 Å². The first-order valence-corrected chi connectivity index (χ1v) is 10.7. The Morgan fingerprint density at radius 3 is 2.66 bits per heavy atom. The SMILES string of the molecule is CCNC(=NCC(c1ccc(OC)cc1)N1CCCC1)NCCCn1cccn1. The molecule has 0 amide bonds. The van der Waals surface area contributed by atoms with Crippen molar-refractivity contribution in [3.05, 3.63) is 48.3 Å². The molecule has 1 aromatic carbocycles. The molecular formula is C22H34N6O. The monoisotopic (exact) mass is 398 g/mol. The highest BCUT2D eigenvalue weighted by Crippen LogP contribution is 2.27. The van der Waals surface area contributed by atoms with E-state index >= 15 is 0 Å². The Morgan fingerprint density at radius 2 is 2.00 bits per heavy atom. The molecule has 0 saturated carbocycles. The predicted octanol–water partition coefficient (Wildman–Crippen LogP) is 2.67. The minimum atomic E-state index is 0.294. The fraction of sp³-hybridized carbons (Fsp3) is 0.545. The normalized spacial score (nSPS) is 16.0. The lowest BCUT2D eigenvalue weighted by molar-refractivity contribution is 0.251. The van der Waals surface area contributed by atoms with Crippen molar-refractivity contribution >= 4 is 5.96 Å². The first kappa shape index (κ1) is 21.2. The highest BCUT2D eigenvalue weighted by atomic mass is 16.5. The summed E-state index contributed by atoms with van der Waals surface area (Å²) in [5.74, 6) is 1.77. The van der Waals surface area contributed by atoms with Crippen LogP contribution < -0.4 is 15.4 Å². The molecule has 1 aromatic heterocycles. The van der Waals surface area contributed by atoms with Crippen LogP contribution in [-0.4, -0.2) is 60.5 Å². The zero-order valence-electron chi connectivity index (χ0n) is 17.7. The number of hydrogen-bond donors (Lipinski definition) is 2. The van der Waals surface area contributed by atoms with Crippen molar-refractivity contribution in [2.75, 3.05) is 39.8 Å². The molecule has 0 spiro atoms. The molecule has 3 rings (SSSR count). The highest BCUT2D eigenvalue weighted by Gasteiger charge is 2.23. The third kappa shape index (κ3) is 6.49. The van der Waals surface area contributed by atoms with Gasteiger partial charge in [-0.25, -0.2) is 0 Å². The van der Waals surface area contributed by atoms with Gasteiger partial charge in [-0.2, -0.15) is 5.10 Å². The molecule has 0 aliphatic carbocycles. The van der Waals surface area contributed by atoms with Gasteiger partial charge in [0.25, 0.3) is 0 Å². The van der Waals surface area contributed by atoms with Gasteiger partial charge in [0.15, 0.2) is 5.96 Å². The van der Waals surface area contributed by atoms with E-state index in [0.29, 0.717) is 6.04 Å². The number of ether oxygens (including phenoxy) is 1. The number of nitrogens with zero attached hydrogens (tertiary/aromatic N) is 4. The topological polar surface area (TPSA) is 66.7 Å². The molecule has 7 heteroatoms. The van der Waals surface area contributed by atoms with Crippen LogP contribution >= 0.6 is 0 Å². The van der Waals surface area contributed by atoms with Crippen LogP contribution in [0.4, 0.5) is 0 Å². The van der Waals surface area contributed by atoms with E-state index in [9.17, 15) is 0 Å². The molecule has 1 saturated heterocycles. The summed E-state index contributed by atoms with van der Waals surface area (Å²) in [6.07, 6.45) is 7.34. The first-order chi connectivity index (χ1) is 14.3. The Morgan fingerprint density at radius 1 is 1.21 bits per heavy atom. The maximum Gasteiger partial charge on any atom is 0.191 e. The number of methoxy groups -OCH3 is 1. The minimum absolute atomic E-state index is 0.294. The summed E-state index contributed by atoms with van der Waals surface area (Å²) >= 11 is 0. The molecule has 158 valence electrons. The number of aliphatic imine (C=N–C) groups is 1. The number of guanidine groups is 1. The Hall–Kier alpha value is -2.54. The molecule has 0 bridgehead atoms. The molecular weight excluding hydrogens is 364 g/mol. The summed E-state index contributed by atoms with van der Waals surface area (Å²) in [5.41, 5.74) is 1.30. The number of likely N-dealkylation sites (tertiary alicyclic amines) is 1. The van der Waals surface area contributed by atoms with Gasteiger partial charge in [-0.15, -0.1) is 0 Å². The van der Waals surface area contributed by atoms with Crippen LogP contribution in [0.15, 0.2) is 47.7 Å². The fourth-order valence-corrected chi connectivity index (χ4v) is 3.71. The van der Waals surface area contributed by atoms with Gasteiger partial charge in [0, 0.05) is 32.0 Å². The number of hydrogen-bond acceptors (Lipinski definition) is 4. The standard InChI is InChI=1S/C22H34N6O/c1-3-23-22(24-12-6-16-28-17-7-13-26-28)25-18-21(27-14-4-5-15-27)19-8-10-20(29-2)11-9-19/h7-11,13,17,21H,3-6,12,14-16,18H2,1-2H3,(H2,23,24,25). The zero-order valence-corrected chi connectivity index (χ0v) is 17.7. The second-order valence-corrected chi connectivity index (χ2v) is 7.30. The minimum Gasteiger partial charge on any atom is -0.497 e. The van der Waals surface area contributed by atoms with Gasteiger partial charge in [0.2, 0.25) is 0 Å². The number of nitrogens with one attached hydrogen (secondary N) is 2. The summed E-state index contributed by atoms with van der Waals surface area (Å²) in [7, 11) is 1.71. The van der Waals surface area contributed by atoms with Gasteiger partial charge in [-0.1, -0.05) is 12.1 Å². The van der Waals surface area contributed by atoms with Gasteiger partial charge in [0.05, 0.1) is 19.7 Å². The summed E-state index contributed by atoms with van der Waals surface area (Å²) in [6, 6.07) is 10.7. The molecule has 1 aliphatic heterocycles. The van der Waals surface area contributed by atoms with E-state index in [1.807, 2.05) is 35.3 Å². The number of rotatable bonds is 10. The van der Waals surface area contributed by atoms with Gasteiger partial charge in [0.1, 0.15) is 5.75 Å². The maximum absolute atomic E-state index is 5.32. The number of aromatic nitrogens is 2. The molecule has 1 aliphatic rings. The van der Waals surface area contributed by atoms with Crippen molar-refractivity contribution < 1.29 is 4.74 Å². The van der Waals surface area contributed by atoms with Crippen LogP contribution in [0.5, 0.6) is 5.75 Å². The van der Waals surface area contributed by atoms with Crippen molar-refractivity contribution in [1.82, 2.24) is 25.3 Å². The van der Waals surface area contributed by atoms with Crippen molar-refractivity contribution in [3.8, 4) is 5.75 Å². The van der Waals surface area contributed by atoms with Crippen molar-refractivity contribution in [1.29, 1.82) is 0 Å². The average Bonchev–Trinajstić information content (AvgIpc) is 3.46. The highest BCUT2D eigenvalue weighted by molar-refractivity contribution is 5.79. The smallest absolute Gasteiger partial charge is 0.191 e. The lowest BCUT2D eigenvalue weighted by Gasteiger charge is -2.27. The van der Waals surface area contributed by atoms with Crippen molar-refractivity contribution in [2.24, 2.45) is 4.99 Å². The fourth-order valence-electron chi connectivity index (χ4n) is 3.71. The van der Waals surface area contributed by atoms with Crippen LogP contribution in [0.2, 0.25) is 0 Å². The zero-order chi connectivity index (χ0) is 20.3. The van der Waals surface area contributed by atoms with Crippen LogP contribution in [-0.2, 0) is 6.54 Å². The Balaban J connectivity index is 1.60. The van der Waals surface area contributed by atoms with Gasteiger partial charge < -0.3 is 15.4 Å². The van der Waals surface area contributed by atoms with E-state index in [0.717, 1.165) is 57.4 Å². The van der Waals surface area contributed by atoms with Crippen LogP contribution in [0, 0.1) is 0 Å². The summed E-state index contributed by atoms with van der Waals surface area (Å²) < 4.78 is 7.28. The Labute approximate surface area is 174 Å². The first-order valence-electron chi connectivity index (χ1n) is 10.7. The van der Waals surface area contributed by atoms with E-state index in [1.54, 1.807) is 7.11 Å². The summed E-state index contributed by atoms with van der Waals surface area (Å²) in [6.45, 7) is 7.73. The van der Waals surface area contributed by atoms with Gasteiger partial charge in [-0.05, 0) is 63.0 Å². The molecule has 7 nitrogen and oxygen atoms in total. The van der Waals surface area contributed by atoms with Crippen LogP contribution in [0.3, 0.4) is 0 Å². The molecule has 2 heterocycles. The average molecular weight is 399 g/mol. The van der Waals surface area contributed by atoms with Crippen molar-refractivity contribution in [2.45, 2.75) is 38.8 Å². The number of benzene rings is 1. The molecule has 1 unspecified atom stereocenters. The molecule has 2 N–H and O–H groups in total. The number of aryl methyl sites for hydroxylation is 1. The van der Waals surface area contributed by atoms with E-state index in [-0.39, 0.29) is 0 Å². The lowest BCUT2D eigenvalue weighted by atomic mass is 10.1. The van der Waals surface area contributed by atoms with E-state index < -0.39 is 0 Å². The second-order valence-electron chi connectivity index (χ2n) is 7.30. The predicted molar refractivity (Wildman–Crippen MR) is 117 cm³/mol. The Kier molecular flexibility index (Phi) is 8.37. The molecule has 0 radical (unpaired) electrons. The second kappa shape index (κ2) is 11.5. The lowest BCUT2D eigenvalue weighted by Crippen LogP contribution is -2.39. The van der Waals surface area contributed by atoms with E-state index in [1.165, 1.54) is 18.4 Å². The van der Waals surface area contributed by atoms with Crippen molar-refractivity contribution in [3.63, 3.8) is 0 Å².